The Balaban J connectivity index is 1.56. The highest BCUT2D eigenvalue weighted by atomic mass is 16.3. The quantitative estimate of drug-likeness (QED) is 0.517. The first-order valence-corrected chi connectivity index (χ1v) is 8.48. The largest absolute Gasteiger partial charge is 0.387 e. The van der Waals surface area contributed by atoms with Crippen LogP contribution in [0.3, 0.4) is 0 Å². The van der Waals surface area contributed by atoms with Crippen LogP contribution in [0.25, 0.3) is 21.8 Å². The van der Waals surface area contributed by atoms with Crippen molar-refractivity contribution in [2.45, 2.75) is 20.0 Å². The van der Waals surface area contributed by atoms with Crippen molar-refractivity contribution in [2.75, 3.05) is 11.9 Å². The number of aromatic nitrogens is 2. The van der Waals surface area contributed by atoms with Crippen LogP contribution in [0.5, 0.6) is 0 Å². The molecular formula is C21H21N3O. The lowest BCUT2D eigenvalue weighted by Gasteiger charge is -2.14. The van der Waals surface area contributed by atoms with Crippen molar-refractivity contribution in [3.63, 3.8) is 0 Å². The van der Waals surface area contributed by atoms with E-state index in [1.165, 1.54) is 11.1 Å². The summed E-state index contributed by atoms with van der Waals surface area (Å²) >= 11 is 0. The molecule has 0 fully saturated rings. The van der Waals surface area contributed by atoms with Crippen molar-refractivity contribution in [3.8, 4) is 0 Å². The number of nitrogens with zero attached hydrogens (tertiary/aromatic N) is 1. The van der Waals surface area contributed by atoms with Gasteiger partial charge in [-0.15, -0.1) is 0 Å². The molecule has 0 amide bonds. The van der Waals surface area contributed by atoms with Gasteiger partial charge in [-0.2, -0.15) is 0 Å². The molecule has 0 aliphatic heterocycles. The zero-order valence-corrected chi connectivity index (χ0v) is 14.4. The molecule has 0 bridgehead atoms. The maximum absolute atomic E-state index is 10.6. The predicted molar refractivity (Wildman–Crippen MR) is 103 cm³/mol. The SMILES string of the molecule is Cc1cc2nc(NCC(O)c3cccc4ccccc34)[nH]c2cc1C. The van der Waals surface area contributed by atoms with Crippen LogP contribution in [0.15, 0.2) is 54.6 Å². The Bertz CT molecular complexity index is 1010. The van der Waals surface area contributed by atoms with E-state index < -0.39 is 6.10 Å². The minimum absolute atomic E-state index is 0.395. The Kier molecular flexibility index (Phi) is 3.90. The number of aromatic amines is 1. The van der Waals surface area contributed by atoms with Gasteiger partial charge in [0.1, 0.15) is 0 Å². The monoisotopic (exact) mass is 331 g/mol. The number of aryl methyl sites for hydroxylation is 2. The molecule has 4 rings (SSSR count). The molecule has 0 aliphatic rings. The lowest BCUT2D eigenvalue weighted by atomic mass is 10.0. The van der Waals surface area contributed by atoms with Crippen LogP contribution in [-0.2, 0) is 0 Å². The zero-order valence-electron chi connectivity index (χ0n) is 14.4. The summed E-state index contributed by atoms with van der Waals surface area (Å²) in [5.41, 5.74) is 5.32. The van der Waals surface area contributed by atoms with Crippen molar-refractivity contribution < 1.29 is 5.11 Å². The molecule has 4 heteroatoms. The minimum Gasteiger partial charge on any atom is -0.387 e. The van der Waals surface area contributed by atoms with E-state index >= 15 is 0 Å². The summed E-state index contributed by atoms with van der Waals surface area (Å²) in [6, 6.07) is 18.3. The van der Waals surface area contributed by atoms with Gasteiger partial charge in [0, 0.05) is 6.54 Å². The lowest BCUT2D eigenvalue weighted by molar-refractivity contribution is 0.193. The van der Waals surface area contributed by atoms with E-state index in [0.29, 0.717) is 12.5 Å². The summed E-state index contributed by atoms with van der Waals surface area (Å²) in [6.07, 6.45) is -0.609. The maximum Gasteiger partial charge on any atom is 0.201 e. The Morgan fingerprint density at radius 2 is 1.80 bits per heavy atom. The molecule has 3 aromatic carbocycles. The van der Waals surface area contributed by atoms with E-state index in [-0.39, 0.29) is 0 Å². The van der Waals surface area contributed by atoms with Gasteiger partial charge in [-0.25, -0.2) is 4.98 Å². The van der Waals surface area contributed by atoms with Crippen LogP contribution in [0.2, 0.25) is 0 Å². The Morgan fingerprint density at radius 3 is 2.68 bits per heavy atom. The highest BCUT2D eigenvalue weighted by Gasteiger charge is 2.12. The van der Waals surface area contributed by atoms with Gasteiger partial charge >= 0.3 is 0 Å². The van der Waals surface area contributed by atoms with Crippen LogP contribution < -0.4 is 5.32 Å². The third-order valence-electron chi connectivity index (χ3n) is 4.74. The summed E-state index contributed by atoms with van der Waals surface area (Å²) in [5.74, 6) is 0.680. The molecule has 0 saturated heterocycles. The molecule has 1 heterocycles. The topological polar surface area (TPSA) is 60.9 Å². The van der Waals surface area contributed by atoms with Gasteiger partial charge in [0.05, 0.1) is 17.1 Å². The van der Waals surface area contributed by atoms with Gasteiger partial charge in [-0.3, -0.25) is 0 Å². The summed E-state index contributed by atoms with van der Waals surface area (Å²) in [5, 5.41) is 16.1. The van der Waals surface area contributed by atoms with Crippen molar-refractivity contribution >= 4 is 27.8 Å². The normalized spacial score (nSPS) is 12.6. The van der Waals surface area contributed by atoms with Crippen molar-refractivity contribution in [1.82, 2.24) is 9.97 Å². The number of H-pyrrole nitrogens is 1. The van der Waals surface area contributed by atoms with Crippen molar-refractivity contribution in [3.05, 3.63) is 71.3 Å². The van der Waals surface area contributed by atoms with Crippen LogP contribution >= 0.6 is 0 Å². The fraction of sp³-hybridized carbons (Fsp3) is 0.190. The van der Waals surface area contributed by atoms with Gasteiger partial charge in [0.2, 0.25) is 5.95 Å². The van der Waals surface area contributed by atoms with Crippen LogP contribution in [0, 0.1) is 13.8 Å². The molecule has 126 valence electrons. The molecule has 1 aromatic heterocycles. The number of anilines is 1. The second-order valence-corrected chi connectivity index (χ2v) is 6.50. The number of imidazole rings is 1. The van der Waals surface area contributed by atoms with E-state index in [0.717, 1.165) is 27.4 Å². The third-order valence-corrected chi connectivity index (χ3v) is 4.74. The van der Waals surface area contributed by atoms with E-state index in [4.69, 9.17) is 0 Å². The number of benzene rings is 3. The molecule has 4 nitrogen and oxygen atoms in total. The number of hydrogen-bond donors (Lipinski definition) is 3. The standard InChI is InChI=1S/C21H21N3O/c1-13-10-18-19(11-14(13)2)24-21(23-18)22-12-20(25)17-9-5-7-15-6-3-4-8-16(15)17/h3-11,20,25H,12H2,1-2H3,(H2,22,23,24). The average molecular weight is 331 g/mol. The number of nitrogens with one attached hydrogen (secondary N) is 2. The summed E-state index contributed by atoms with van der Waals surface area (Å²) in [7, 11) is 0. The van der Waals surface area contributed by atoms with Crippen LogP contribution in [-0.4, -0.2) is 21.6 Å². The minimum atomic E-state index is -0.609. The molecule has 4 aromatic rings. The molecule has 3 N–H and O–H groups in total. The Morgan fingerprint density at radius 1 is 1.04 bits per heavy atom. The van der Waals surface area contributed by atoms with Crippen LogP contribution in [0.4, 0.5) is 5.95 Å². The number of hydrogen-bond acceptors (Lipinski definition) is 3. The van der Waals surface area contributed by atoms with Crippen molar-refractivity contribution in [2.24, 2.45) is 0 Å². The Hall–Kier alpha value is -2.85. The first kappa shape index (κ1) is 15.7. The van der Waals surface area contributed by atoms with E-state index in [1.807, 2.05) is 30.3 Å². The third kappa shape index (κ3) is 2.96. The molecule has 0 saturated carbocycles. The van der Waals surface area contributed by atoms with E-state index in [9.17, 15) is 5.11 Å². The fourth-order valence-corrected chi connectivity index (χ4v) is 3.20. The van der Waals surface area contributed by atoms with E-state index in [1.54, 1.807) is 0 Å². The summed E-state index contributed by atoms with van der Waals surface area (Å²) < 4.78 is 0. The van der Waals surface area contributed by atoms with Gasteiger partial charge < -0.3 is 15.4 Å². The van der Waals surface area contributed by atoms with Crippen LogP contribution in [0.1, 0.15) is 22.8 Å². The number of aliphatic hydroxyl groups is 1. The van der Waals surface area contributed by atoms with E-state index in [2.05, 4.69) is 53.4 Å². The van der Waals surface area contributed by atoms with Gasteiger partial charge in [-0.05, 0) is 53.4 Å². The molecule has 1 unspecified atom stereocenters. The van der Waals surface area contributed by atoms with Gasteiger partial charge in [-0.1, -0.05) is 42.5 Å². The average Bonchev–Trinajstić information content (AvgIpc) is 3.01. The Labute approximate surface area is 146 Å². The number of aliphatic hydroxyl groups excluding tert-OH is 1. The number of rotatable bonds is 4. The highest BCUT2D eigenvalue weighted by Crippen LogP contribution is 2.25. The van der Waals surface area contributed by atoms with Crippen molar-refractivity contribution in [1.29, 1.82) is 0 Å². The first-order valence-electron chi connectivity index (χ1n) is 8.48. The molecule has 25 heavy (non-hydrogen) atoms. The van der Waals surface area contributed by atoms with Gasteiger partial charge in [0.25, 0.3) is 0 Å². The fourth-order valence-electron chi connectivity index (χ4n) is 3.20. The molecule has 0 spiro atoms. The molecule has 1 atom stereocenters. The maximum atomic E-state index is 10.6. The smallest absolute Gasteiger partial charge is 0.201 e. The zero-order chi connectivity index (χ0) is 17.4. The predicted octanol–water partition coefficient (Wildman–Crippen LogP) is 4.48. The molecular weight excluding hydrogens is 310 g/mol. The summed E-state index contributed by atoms with van der Waals surface area (Å²) in [6.45, 7) is 4.57. The summed E-state index contributed by atoms with van der Waals surface area (Å²) in [4.78, 5) is 7.84. The second-order valence-electron chi connectivity index (χ2n) is 6.50. The molecule has 0 aliphatic carbocycles. The highest BCUT2D eigenvalue weighted by molar-refractivity contribution is 5.86. The van der Waals surface area contributed by atoms with Gasteiger partial charge in [0.15, 0.2) is 0 Å². The first-order chi connectivity index (χ1) is 12.1. The lowest BCUT2D eigenvalue weighted by Crippen LogP contribution is -2.13. The second kappa shape index (κ2) is 6.22. The molecule has 0 radical (unpaired) electrons. The number of fused-ring (bicyclic) bond motifs is 2.